The summed E-state index contributed by atoms with van der Waals surface area (Å²) in [6, 6.07) is 1.65. The van der Waals surface area contributed by atoms with E-state index in [0.29, 0.717) is 49.9 Å². The van der Waals surface area contributed by atoms with Crippen LogP contribution in [0.3, 0.4) is 0 Å². The number of rotatable bonds is 3. The zero-order valence-electron chi connectivity index (χ0n) is 22.7. The molecule has 5 heterocycles. The fourth-order valence-electron chi connectivity index (χ4n) is 4.99. The molecule has 3 amide bonds. The molecule has 38 heavy (non-hydrogen) atoms. The number of aromatic nitrogens is 4. The third kappa shape index (κ3) is 4.90. The number of urea groups is 1. The highest BCUT2D eigenvalue weighted by atomic mass is 16.6. The molecule has 0 unspecified atom stereocenters. The van der Waals surface area contributed by atoms with Gasteiger partial charge in [-0.05, 0) is 47.1 Å². The van der Waals surface area contributed by atoms with Crippen molar-refractivity contribution in [2.75, 3.05) is 48.4 Å². The van der Waals surface area contributed by atoms with E-state index in [-0.39, 0.29) is 24.0 Å². The van der Waals surface area contributed by atoms with E-state index in [1.54, 1.807) is 26.6 Å². The first kappa shape index (κ1) is 25.6. The lowest BCUT2D eigenvalue weighted by atomic mass is 10.1. The number of methoxy groups -OCH3 is 1. The summed E-state index contributed by atoms with van der Waals surface area (Å²) in [5.74, 6) is 1.42. The second-order valence-electron chi connectivity index (χ2n) is 10.7. The molecule has 1 N–H and O–H groups in total. The lowest BCUT2D eigenvalue weighted by Gasteiger charge is -2.41. The van der Waals surface area contributed by atoms with Crippen molar-refractivity contribution in [2.24, 2.45) is 0 Å². The van der Waals surface area contributed by atoms with Crippen LogP contribution in [-0.4, -0.2) is 81.3 Å². The number of pyridine rings is 1. The molecule has 1 atom stereocenters. The summed E-state index contributed by atoms with van der Waals surface area (Å²) in [5.41, 5.74) is 2.78. The molecule has 0 aliphatic carbocycles. The average Bonchev–Trinajstić information content (AvgIpc) is 3.44. The number of carbonyl (C=O) groups is 2. The van der Waals surface area contributed by atoms with Crippen molar-refractivity contribution in [2.45, 2.75) is 52.7 Å². The summed E-state index contributed by atoms with van der Waals surface area (Å²) in [5, 5.41) is 2.93. The Bertz CT molecular complexity index is 1380. The number of nitrogens with zero attached hydrogens (tertiary/aromatic N) is 7. The number of carbonyl (C=O) groups excluding carboxylic acids is 2. The molecule has 3 aromatic heterocycles. The predicted molar refractivity (Wildman–Crippen MR) is 143 cm³/mol. The molecule has 0 radical (unpaired) electrons. The molecule has 1 saturated heterocycles. The summed E-state index contributed by atoms with van der Waals surface area (Å²) in [7, 11) is 1.51. The zero-order chi connectivity index (χ0) is 27.2. The Labute approximate surface area is 221 Å². The topological polar surface area (TPSA) is 117 Å². The maximum atomic E-state index is 13.4. The smallest absolute Gasteiger partial charge is 0.410 e. The van der Waals surface area contributed by atoms with Gasteiger partial charge < -0.3 is 24.6 Å². The van der Waals surface area contributed by atoms with Gasteiger partial charge in [0.05, 0.1) is 12.8 Å². The van der Waals surface area contributed by atoms with Crippen LogP contribution in [0, 0.1) is 6.92 Å². The molecule has 5 rings (SSSR count). The standard InChI is InChI=1S/C26H34N8O4/c1-16-13-32-15-19(22(37-6)30-23(32)28-16)29-24(35)34-10-8-18-20(7-9-27-21(18)34)31-11-12-33(17(2)14-31)25(36)38-26(3,4)5/h7,9,13,15,17H,8,10-12,14H2,1-6H3,(H,29,35)/t17-/m1/s1. The Kier molecular flexibility index (Phi) is 6.49. The molecule has 0 saturated carbocycles. The van der Waals surface area contributed by atoms with Crippen LogP contribution < -0.4 is 19.9 Å². The van der Waals surface area contributed by atoms with E-state index in [1.807, 2.05) is 46.9 Å². The first-order valence-corrected chi connectivity index (χ1v) is 12.8. The van der Waals surface area contributed by atoms with Gasteiger partial charge in [0.2, 0.25) is 11.7 Å². The summed E-state index contributed by atoms with van der Waals surface area (Å²) < 4.78 is 12.7. The van der Waals surface area contributed by atoms with Crippen LogP contribution >= 0.6 is 0 Å². The summed E-state index contributed by atoms with van der Waals surface area (Å²) in [4.78, 5) is 45.0. The molecule has 0 bridgehead atoms. The Morgan fingerprint density at radius 1 is 1.13 bits per heavy atom. The number of imidazole rings is 1. The average molecular weight is 523 g/mol. The molecule has 2 aliphatic heterocycles. The van der Waals surface area contributed by atoms with E-state index in [0.717, 1.165) is 16.9 Å². The molecule has 2 aliphatic rings. The van der Waals surface area contributed by atoms with E-state index in [4.69, 9.17) is 9.47 Å². The van der Waals surface area contributed by atoms with Crippen LogP contribution in [0.25, 0.3) is 5.78 Å². The van der Waals surface area contributed by atoms with Gasteiger partial charge in [-0.1, -0.05) is 0 Å². The van der Waals surface area contributed by atoms with Crippen LogP contribution in [-0.2, 0) is 11.2 Å². The molecule has 0 spiro atoms. The van der Waals surface area contributed by atoms with Gasteiger partial charge >= 0.3 is 12.1 Å². The highest BCUT2D eigenvalue weighted by molar-refractivity contribution is 6.03. The van der Waals surface area contributed by atoms with Crippen molar-refractivity contribution in [3.8, 4) is 5.88 Å². The van der Waals surface area contributed by atoms with Gasteiger partial charge in [0.25, 0.3) is 0 Å². The van der Waals surface area contributed by atoms with Gasteiger partial charge in [0, 0.05) is 62.1 Å². The van der Waals surface area contributed by atoms with Crippen molar-refractivity contribution >= 4 is 35.1 Å². The zero-order valence-corrected chi connectivity index (χ0v) is 22.7. The minimum atomic E-state index is -0.534. The second-order valence-corrected chi connectivity index (χ2v) is 10.7. The summed E-state index contributed by atoms with van der Waals surface area (Å²) in [6.07, 6.45) is 5.70. The molecule has 202 valence electrons. The number of nitrogens with one attached hydrogen (secondary N) is 1. The van der Waals surface area contributed by atoms with Crippen molar-refractivity contribution < 1.29 is 19.1 Å². The van der Waals surface area contributed by atoms with Crippen molar-refractivity contribution in [1.29, 1.82) is 0 Å². The predicted octanol–water partition coefficient (Wildman–Crippen LogP) is 3.48. The number of piperazine rings is 1. The van der Waals surface area contributed by atoms with Crippen molar-refractivity contribution in [1.82, 2.24) is 24.3 Å². The van der Waals surface area contributed by atoms with Gasteiger partial charge in [-0.2, -0.15) is 4.98 Å². The van der Waals surface area contributed by atoms with Gasteiger partial charge in [-0.3, -0.25) is 9.30 Å². The van der Waals surface area contributed by atoms with Gasteiger partial charge in [-0.25, -0.2) is 19.6 Å². The maximum Gasteiger partial charge on any atom is 0.410 e. The minimum absolute atomic E-state index is 0.0232. The van der Waals surface area contributed by atoms with Crippen LogP contribution in [0.2, 0.25) is 0 Å². The first-order valence-electron chi connectivity index (χ1n) is 12.8. The minimum Gasteiger partial charge on any atom is -0.479 e. The van der Waals surface area contributed by atoms with Gasteiger partial charge in [0.15, 0.2) is 0 Å². The van der Waals surface area contributed by atoms with E-state index in [1.165, 1.54) is 7.11 Å². The number of ether oxygens (including phenoxy) is 2. The second kappa shape index (κ2) is 9.66. The van der Waals surface area contributed by atoms with Gasteiger partial charge in [-0.15, -0.1) is 0 Å². The monoisotopic (exact) mass is 522 g/mol. The molecular weight excluding hydrogens is 488 g/mol. The molecule has 3 aromatic rings. The molecule has 12 heteroatoms. The van der Waals surface area contributed by atoms with Crippen LogP contribution in [0.15, 0.2) is 24.7 Å². The Morgan fingerprint density at radius 2 is 1.92 bits per heavy atom. The largest absolute Gasteiger partial charge is 0.479 e. The molecular formula is C26H34N8O4. The third-order valence-electron chi connectivity index (χ3n) is 6.66. The third-order valence-corrected chi connectivity index (χ3v) is 6.66. The number of hydrogen-bond acceptors (Lipinski definition) is 8. The van der Waals surface area contributed by atoms with E-state index in [2.05, 4.69) is 25.2 Å². The fourth-order valence-corrected chi connectivity index (χ4v) is 4.99. The molecule has 1 fully saturated rings. The normalized spacial score (nSPS) is 17.5. The van der Waals surface area contributed by atoms with E-state index < -0.39 is 5.60 Å². The highest BCUT2D eigenvalue weighted by Gasteiger charge is 2.34. The van der Waals surface area contributed by atoms with Gasteiger partial charge in [0.1, 0.15) is 17.1 Å². The summed E-state index contributed by atoms with van der Waals surface area (Å²) in [6.45, 7) is 11.9. The number of hydrogen-bond donors (Lipinski definition) is 1. The first-order chi connectivity index (χ1) is 18.0. The molecule has 0 aromatic carbocycles. The van der Waals surface area contributed by atoms with Crippen molar-refractivity contribution in [3.05, 3.63) is 35.9 Å². The quantitative estimate of drug-likeness (QED) is 0.556. The number of amides is 3. The van der Waals surface area contributed by atoms with Crippen molar-refractivity contribution in [3.63, 3.8) is 0 Å². The SMILES string of the molecule is COc1nc2nc(C)cn2cc1NC(=O)N1CCc2c(N3CCN(C(=O)OC(C)(C)C)[C@H](C)C3)ccnc21. The Morgan fingerprint density at radius 3 is 2.63 bits per heavy atom. The van der Waals surface area contributed by atoms with Crippen LogP contribution in [0.1, 0.15) is 39.0 Å². The van der Waals surface area contributed by atoms with Crippen LogP contribution in [0.4, 0.5) is 26.8 Å². The van der Waals surface area contributed by atoms with Crippen LogP contribution in [0.5, 0.6) is 5.88 Å². The maximum absolute atomic E-state index is 13.4. The Hall–Kier alpha value is -4.09. The Balaban J connectivity index is 1.32. The number of aryl methyl sites for hydroxylation is 1. The highest BCUT2D eigenvalue weighted by Crippen LogP contribution is 2.35. The lowest BCUT2D eigenvalue weighted by molar-refractivity contribution is 0.0159. The number of fused-ring (bicyclic) bond motifs is 2. The number of anilines is 3. The van der Waals surface area contributed by atoms with E-state index >= 15 is 0 Å². The van der Waals surface area contributed by atoms with E-state index in [9.17, 15) is 9.59 Å². The lowest BCUT2D eigenvalue weighted by Crippen LogP contribution is -2.55. The summed E-state index contributed by atoms with van der Waals surface area (Å²) >= 11 is 0. The molecule has 12 nitrogen and oxygen atoms in total. The fraction of sp³-hybridized carbons (Fsp3) is 0.500.